The number of nitro benzene ring substituents is 1. The van der Waals surface area contributed by atoms with Gasteiger partial charge in [0.1, 0.15) is 6.61 Å². The van der Waals surface area contributed by atoms with Crippen LogP contribution in [0.5, 0.6) is 23.0 Å². The van der Waals surface area contributed by atoms with Crippen LogP contribution in [0.1, 0.15) is 23.6 Å². The van der Waals surface area contributed by atoms with Crippen LogP contribution < -0.4 is 24.4 Å². The molecule has 180 valence electrons. The Morgan fingerprint density at radius 1 is 1.03 bits per heavy atom. The first-order chi connectivity index (χ1) is 17.0. The fourth-order valence-corrected chi connectivity index (χ4v) is 3.32. The highest BCUT2D eigenvalue weighted by Gasteiger charge is 2.14. The van der Waals surface area contributed by atoms with Gasteiger partial charge in [0.15, 0.2) is 23.0 Å². The number of hydrogen-bond donors (Lipinski definition) is 1. The van der Waals surface area contributed by atoms with E-state index in [0.29, 0.717) is 35.2 Å². The van der Waals surface area contributed by atoms with Gasteiger partial charge in [-0.15, -0.1) is 0 Å². The fraction of sp³-hybridized carbons (Fsp3) is 0.200. The van der Waals surface area contributed by atoms with Gasteiger partial charge in [-0.1, -0.05) is 6.07 Å². The highest BCUT2D eigenvalue weighted by molar-refractivity contribution is 5.84. The smallest absolute Gasteiger partial charge is 0.269 e. The van der Waals surface area contributed by atoms with Crippen molar-refractivity contribution < 1.29 is 28.7 Å². The SMILES string of the molecule is CCOc1cc(/C=N\NC(=O)Cc2ccc3c(c2)OCO3)ccc1OCc1ccc([N+](=O)[O-])cc1. The van der Waals surface area contributed by atoms with Crippen molar-refractivity contribution in [3.63, 3.8) is 0 Å². The zero-order chi connectivity index (χ0) is 24.6. The lowest BCUT2D eigenvalue weighted by Gasteiger charge is -2.12. The molecule has 1 N–H and O–H groups in total. The topological polar surface area (TPSA) is 122 Å². The zero-order valence-corrected chi connectivity index (χ0v) is 18.9. The van der Waals surface area contributed by atoms with Gasteiger partial charge in [-0.3, -0.25) is 14.9 Å². The Labute approximate surface area is 201 Å². The third-order valence-electron chi connectivity index (χ3n) is 5.01. The Morgan fingerprint density at radius 2 is 1.80 bits per heavy atom. The van der Waals surface area contributed by atoms with E-state index in [-0.39, 0.29) is 31.4 Å². The van der Waals surface area contributed by atoms with Gasteiger partial charge in [-0.05, 0) is 66.1 Å². The summed E-state index contributed by atoms with van der Waals surface area (Å²) in [6.45, 7) is 2.69. The van der Waals surface area contributed by atoms with Crippen LogP contribution in [-0.4, -0.2) is 30.4 Å². The number of benzene rings is 3. The molecule has 0 fully saturated rings. The summed E-state index contributed by atoms with van der Waals surface area (Å²) in [6, 6.07) is 16.8. The van der Waals surface area contributed by atoms with Crippen LogP contribution >= 0.6 is 0 Å². The number of nitrogens with zero attached hydrogens (tertiary/aromatic N) is 2. The van der Waals surface area contributed by atoms with Crippen LogP contribution in [-0.2, 0) is 17.8 Å². The quantitative estimate of drug-likeness (QED) is 0.266. The van der Waals surface area contributed by atoms with E-state index in [1.54, 1.807) is 48.5 Å². The van der Waals surface area contributed by atoms with Gasteiger partial charge in [-0.25, -0.2) is 5.43 Å². The molecule has 0 atom stereocenters. The van der Waals surface area contributed by atoms with E-state index in [1.807, 2.05) is 6.92 Å². The van der Waals surface area contributed by atoms with Crippen molar-refractivity contribution in [1.82, 2.24) is 5.43 Å². The maximum absolute atomic E-state index is 12.2. The van der Waals surface area contributed by atoms with Crippen molar-refractivity contribution >= 4 is 17.8 Å². The summed E-state index contributed by atoms with van der Waals surface area (Å²) in [5.41, 5.74) is 4.82. The molecule has 0 bridgehead atoms. The first kappa shape index (κ1) is 23.6. The van der Waals surface area contributed by atoms with Crippen molar-refractivity contribution in [3.8, 4) is 23.0 Å². The lowest BCUT2D eigenvalue weighted by molar-refractivity contribution is -0.384. The van der Waals surface area contributed by atoms with Gasteiger partial charge in [-0.2, -0.15) is 5.10 Å². The van der Waals surface area contributed by atoms with Gasteiger partial charge in [0.25, 0.3) is 5.69 Å². The van der Waals surface area contributed by atoms with Crippen LogP contribution in [0.4, 0.5) is 5.69 Å². The van der Waals surface area contributed by atoms with Crippen molar-refractivity contribution in [1.29, 1.82) is 0 Å². The number of carbonyl (C=O) groups excluding carboxylic acids is 1. The van der Waals surface area contributed by atoms with E-state index in [4.69, 9.17) is 18.9 Å². The van der Waals surface area contributed by atoms with E-state index in [1.165, 1.54) is 18.3 Å². The van der Waals surface area contributed by atoms with Crippen LogP contribution in [0.2, 0.25) is 0 Å². The van der Waals surface area contributed by atoms with Crippen molar-refractivity contribution in [3.05, 3.63) is 87.5 Å². The molecule has 0 saturated carbocycles. The highest BCUT2D eigenvalue weighted by atomic mass is 16.7. The zero-order valence-electron chi connectivity index (χ0n) is 18.9. The molecule has 1 amide bonds. The Bertz CT molecular complexity index is 1240. The van der Waals surface area contributed by atoms with E-state index in [9.17, 15) is 14.9 Å². The largest absolute Gasteiger partial charge is 0.490 e. The third-order valence-corrected chi connectivity index (χ3v) is 5.01. The molecule has 0 spiro atoms. The van der Waals surface area contributed by atoms with Gasteiger partial charge < -0.3 is 18.9 Å². The molecular formula is C25H23N3O7. The second-order valence-corrected chi connectivity index (χ2v) is 7.51. The molecule has 0 aromatic heterocycles. The number of fused-ring (bicyclic) bond motifs is 1. The van der Waals surface area contributed by atoms with E-state index >= 15 is 0 Å². The minimum absolute atomic E-state index is 0.0235. The Morgan fingerprint density at radius 3 is 2.57 bits per heavy atom. The average molecular weight is 477 g/mol. The summed E-state index contributed by atoms with van der Waals surface area (Å²) in [6.07, 6.45) is 1.66. The number of carbonyl (C=O) groups is 1. The van der Waals surface area contributed by atoms with Crippen LogP contribution in [0.15, 0.2) is 65.8 Å². The number of nitro groups is 1. The lowest BCUT2D eigenvalue weighted by atomic mass is 10.1. The van der Waals surface area contributed by atoms with Gasteiger partial charge in [0.05, 0.1) is 24.2 Å². The van der Waals surface area contributed by atoms with E-state index in [2.05, 4.69) is 10.5 Å². The molecule has 0 radical (unpaired) electrons. The van der Waals surface area contributed by atoms with Crippen molar-refractivity contribution in [2.75, 3.05) is 13.4 Å². The number of ether oxygens (including phenoxy) is 4. The Hall–Kier alpha value is -4.60. The summed E-state index contributed by atoms with van der Waals surface area (Å²) in [4.78, 5) is 22.6. The van der Waals surface area contributed by atoms with Gasteiger partial charge in [0.2, 0.25) is 12.7 Å². The first-order valence-corrected chi connectivity index (χ1v) is 10.8. The van der Waals surface area contributed by atoms with Crippen LogP contribution in [0.25, 0.3) is 0 Å². The fourth-order valence-electron chi connectivity index (χ4n) is 3.32. The van der Waals surface area contributed by atoms with Crippen LogP contribution in [0, 0.1) is 10.1 Å². The molecule has 0 aliphatic carbocycles. The van der Waals surface area contributed by atoms with E-state index < -0.39 is 4.92 Å². The molecule has 1 aliphatic heterocycles. The number of rotatable bonds is 10. The number of hydrogen-bond acceptors (Lipinski definition) is 8. The molecule has 1 heterocycles. The molecule has 0 unspecified atom stereocenters. The predicted octanol–water partition coefficient (Wildman–Crippen LogP) is 3.99. The minimum Gasteiger partial charge on any atom is -0.490 e. The Kier molecular flexibility index (Phi) is 7.41. The highest BCUT2D eigenvalue weighted by Crippen LogP contribution is 2.32. The molecule has 0 saturated heterocycles. The molecule has 35 heavy (non-hydrogen) atoms. The second kappa shape index (κ2) is 11.0. The minimum atomic E-state index is -0.447. The normalized spacial score (nSPS) is 11.9. The van der Waals surface area contributed by atoms with E-state index in [0.717, 1.165) is 11.1 Å². The standard InChI is InChI=1S/C25H23N3O7/c1-2-32-23-12-19(6-10-21(23)33-15-17-3-7-20(8-4-17)28(30)31)14-26-27-25(29)13-18-5-9-22-24(11-18)35-16-34-22/h3-12,14H,2,13,15-16H2,1H3,(H,27,29)/b26-14-. The predicted molar refractivity (Wildman–Crippen MR) is 127 cm³/mol. The first-order valence-electron chi connectivity index (χ1n) is 10.8. The number of amides is 1. The molecule has 10 heteroatoms. The number of hydrazone groups is 1. The molecule has 4 rings (SSSR count). The summed E-state index contributed by atoms with van der Waals surface area (Å²) >= 11 is 0. The maximum Gasteiger partial charge on any atom is 0.269 e. The summed E-state index contributed by atoms with van der Waals surface area (Å²) < 4.78 is 22.1. The van der Waals surface area contributed by atoms with Gasteiger partial charge in [0, 0.05) is 12.1 Å². The lowest BCUT2D eigenvalue weighted by Crippen LogP contribution is -2.19. The monoisotopic (exact) mass is 477 g/mol. The average Bonchev–Trinajstić information content (AvgIpc) is 3.32. The molecule has 1 aliphatic rings. The summed E-state index contributed by atoms with van der Waals surface area (Å²) in [7, 11) is 0. The molecule has 3 aromatic carbocycles. The third kappa shape index (κ3) is 6.26. The summed E-state index contributed by atoms with van der Waals surface area (Å²) in [5.74, 6) is 2.06. The summed E-state index contributed by atoms with van der Waals surface area (Å²) in [5, 5.41) is 14.8. The maximum atomic E-state index is 12.2. The molecule has 3 aromatic rings. The van der Waals surface area contributed by atoms with Crippen LogP contribution in [0.3, 0.4) is 0 Å². The van der Waals surface area contributed by atoms with Crippen molar-refractivity contribution in [2.24, 2.45) is 5.10 Å². The van der Waals surface area contributed by atoms with Gasteiger partial charge >= 0.3 is 0 Å². The molecule has 10 nitrogen and oxygen atoms in total. The number of non-ortho nitro benzene ring substituents is 1. The molecular weight excluding hydrogens is 454 g/mol. The second-order valence-electron chi connectivity index (χ2n) is 7.51. The number of nitrogens with one attached hydrogen (secondary N) is 1. The Balaban J connectivity index is 1.34. The van der Waals surface area contributed by atoms with Crippen molar-refractivity contribution in [2.45, 2.75) is 20.0 Å².